The summed E-state index contributed by atoms with van der Waals surface area (Å²) < 4.78 is 7.19. The number of ketones is 1. The molecule has 7 heteroatoms. The molecule has 168 valence electrons. The molecule has 0 atom stereocenters. The maximum Gasteiger partial charge on any atom is 0.337 e. The number of fused-ring (bicyclic) bond motifs is 1. The summed E-state index contributed by atoms with van der Waals surface area (Å²) in [6.07, 6.45) is 1.84. The molecule has 0 amide bonds. The quantitative estimate of drug-likeness (QED) is 0.325. The van der Waals surface area contributed by atoms with E-state index in [2.05, 4.69) is 4.90 Å². The van der Waals surface area contributed by atoms with Gasteiger partial charge in [0.15, 0.2) is 0 Å². The van der Waals surface area contributed by atoms with Crippen molar-refractivity contribution in [3.05, 3.63) is 94.8 Å². The van der Waals surface area contributed by atoms with Crippen molar-refractivity contribution in [1.29, 1.82) is 0 Å². The van der Waals surface area contributed by atoms with Crippen molar-refractivity contribution >= 4 is 28.6 Å². The monoisotopic (exact) mass is 443 g/mol. The lowest BCUT2D eigenvalue weighted by Crippen LogP contribution is -2.17. The summed E-state index contributed by atoms with van der Waals surface area (Å²) in [7, 11) is 3.62. The topological polar surface area (TPSA) is 97.3 Å². The van der Waals surface area contributed by atoms with E-state index in [0.717, 1.165) is 28.1 Å². The zero-order valence-corrected chi connectivity index (χ0v) is 18.7. The molecule has 0 fully saturated rings. The van der Waals surface area contributed by atoms with Gasteiger partial charge < -0.3 is 24.9 Å². The molecule has 0 spiro atoms. The lowest BCUT2D eigenvalue weighted by molar-refractivity contribution is 0.0698. The number of anilines is 2. The predicted molar refractivity (Wildman–Crippen MR) is 128 cm³/mol. The summed E-state index contributed by atoms with van der Waals surface area (Å²) in [5.74, 6) is -0.650. The number of nitrogens with zero attached hydrogens (tertiary/aromatic N) is 2. The third-order valence-corrected chi connectivity index (χ3v) is 5.75. The molecule has 2 heterocycles. The minimum absolute atomic E-state index is 0.0882. The van der Waals surface area contributed by atoms with Crippen molar-refractivity contribution < 1.29 is 19.4 Å². The van der Waals surface area contributed by atoms with E-state index in [1.54, 1.807) is 13.2 Å². The minimum Gasteiger partial charge on any atom is -0.497 e. The van der Waals surface area contributed by atoms with Gasteiger partial charge in [0.2, 0.25) is 5.78 Å². The lowest BCUT2D eigenvalue weighted by atomic mass is 10.0. The van der Waals surface area contributed by atoms with E-state index >= 15 is 0 Å². The third-order valence-electron chi connectivity index (χ3n) is 5.75. The highest BCUT2D eigenvalue weighted by Crippen LogP contribution is 2.33. The summed E-state index contributed by atoms with van der Waals surface area (Å²) in [5.41, 5.74) is 10.3. The van der Waals surface area contributed by atoms with Gasteiger partial charge in [-0.3, -0.25) is 4.79 Å². The molecule has 0 aliphatic carbocycles. The first-order valence-electron chi connectivity index (χ1n) is 10.4. The molecule has 0 unspecified atom stereocenters. The van der Waals surface area contributed by atoms with Crippen molar-refractivity contribution in [1.82, 2.24) is 4.40 Å². The molecule has 2 aromatic heterocycles. The Labute approximate surface area is 191 Å². The SMILES string of the molecule is COc1cccc(CN(C)c2c(C)c(C(=O)c3ccc(N)c(C(=O)O)c3)n3ccccc23)c1. The van der Waals surface area contributed by atoms with Gasteiger partial charge in [0.1, 0.15) is 5.75 Å². The maximum atomic E-state index is 13.6. The summed E-state index contributed by atoms with van der Waals surface area (Å²) in [4.78, 5) is 27.2. The van der Waals surface area contributed by atoms with Crippen LogP contribution >= 0.6 is 0 Å². The summed E-state index contributed by atoms with van der Waals surface area (Å²) >= 11 is 0. The molecule has 4 rings (SSSR count). The summed E-state index contributed by atoms with van der Waals surface area (Å²) in [6.45, 7) is 2.53. The van der Waals surface area contributed by atoms with Gasteiger partial charge in [-0.1, -0.05) is 18.2 Å². The molecule has 33 heavy (non-hydrogen) atoms. The van der Waals surface area contributed by atoms with E-state index in [0.29, 0.717) is 12.2 Å². The fraction of sp³-hybridized carbons (Fsp3) is 0.154. The number of aromatic carboxylic acids is 1. The first-order chi connectivity index (χ1) is 15.8. The number of nitrogen functional groups attached to an aromatic ring is 1. The molecule has 0 saturated heterocycles. The highest BCUT2D eigenvalue weighted by atomic mass is 16.5. The molecule has 0 aliphatic heterocycles. The van der Waals surface area contributed by atoms with Crippen LogP contribution in [0.2, 0.25) is 0 Å². The molecule has 0 radical (unpaired) electrons. The van der Waals surface area contributed by atoms with Crippen LogP contribution in [0.25, 0.3) is 5.52 Å². The van der Waals surface area contributed by atoms with Crippen LogP contribution in [-0.2, 0) is 6.54 Å². The molecule has 0 saturated carbocycles. The summed E-state index contributed by atoms with van der Waals surface area (Å²) in [5, 5.41) is 9.41. The average molecular weight is 444 g/mol. The van der Waals surface area contributed by atoms with Crippen LogP contribution in [0.1, 0.15) is 37.5 Å². The molecular weight excluding hydrogens is 418 g/mol. The van der Waals surface area contributed by atoms with E-state index in [1.807, 2.05) is 67.0 Å². The van der Waals surface area contributed by atoms with E-state index < -0.39 is 5.97 Å². The van der Waals surface area contributed by atoms with Gasteiger partial charge in [-0.25, -0.2) is 4.79 Å². The molecule has 0 aliphatic rings. The standard InChI is InChI=1S/C26H25N3O4/c1-16-23(28(2)15-17-7-6-8-19(13-17)33-3)22-9-4-5-12-29(22)24(16)25(30)18-10-11-21(27)20(14-18)26(31)32/h4-14H,15,27H2,1-3H3,(H,31,32). The van der Waals surface area contributed by atoms with Crippen LogP contribution < -0.4 is 15.4 Å². The Morgan fingerprint density at radius 3 is 2.61 bits per heavy atom. The van der Waals surface area contributed by atoms with Crippen molar-refractivity contribution in [3.8, 4) is 5.75 Å². The van der Waals surface area contributed by atoms with E-state index in [1.165, 1.54) is 12.1 Å². The summed E-state index contributed by atoms with van der Waals surface area (Å²) in [6, 6.07) is 18.0. The maximum absolute atomic E-state index is 13.6. The Kier molecular flexibility index (Phi) is 5.79. The second-order valence-corrected chi connectivity index (χ2v) is 7.92. The van der Waals surface area contributed by atoms with Crippen LogP contribution in [0.15, 0.2) is 66.9 Å². The van der Waals surface area contributed by atoms with Crippen molar-refractivity contribution in [2.24, 2.45) is 0 Å². The number of benzene rings is 2. The number of methoxy groups -OCH3 is 1. The number of carboxylic acids is 1. The van der Waals surface area contributed by atoms with Gasteiger partial charge in [-0.05, 0) is 55.0 Å². The molecule has 3 N–H and O–H groups in total. The van der Waals surface area contributed by atoms with Gasteiger partial charge in [0.05, 0.1) is 29.6 Å². The number of ether oxygens (including phenoxy) is 1. The Morgan fingerprint density at radius 2 is 1.88 bits per heavy atom. The zero-order chi connectivity index (χ0) is 23.7. The number of aromatic nitrogens is 1. The van der Waals surface area contributed by atoms with Gasteiger partial charge in [-0.15, -0.1) is 0 Å². The highest BCUT2D eigenvalue weighted by molar-refractivity contribution is 6.12. The average Bonchev–Trinajstić information content (AvgIpc) is 3.10. The first kappa shape index (κ1) is 22.0. The van der Waals surface area contributed by atoms with Crippen LogP contribution in [-0.4, -0.2) is 35.4 Å². The molecular formula is C26H25N3O4. The van der Waals surface area contributed by atoms with Crippen LogP contribution in [0, 0.1) is 6.92 Å². The number of carbonyl (C=O) groups excluding carboxylic acids is 1. The Balaban J connectivity index is 1.80. The number of rotatable bonds is 7. The number of carbonyl (C=O) groups is 2. The molecule has 7 nitrogen and oxygen atoms in total. The van der Waals surface area contributed by atoms with Gasteiger partial charge in [0, 0.05) is 36.6 Å². The third kappa shape index (κ3) is 4.01. The van der Waals surface area contributed by atoms with Crippen molar-refractivity contribution in [3.63, 3.8) is 0 Å². The first-order valence-corrected chi connectivity index (χ1v) is 10.4. The Bertz CT molecular complexity index is 1370. The minimum atomic E-state index is -1.17. The van der Waals surface area contributed by atoms with E-state index in [9.17, 15) is 14.7 Å². The Hall–Kier alpha value is -4.26. The van der Waals surface area contributed by atoms with E-state index in [-0.39, 0.29) is 22.6 Å². The van der Waals surface area contributed by atoms with Gasteiger partial charge in [-0.2, -0.15) is 0 Å². The van der Waals surface area contributed by atoms with Crippen LogP contribution in [0.4, 0.5) is 11.4 Å². The predicted octanol–water partition coefficient (Wildman–Crippen LogP) is 4.40. The van der Waals surface area contributed by atoms with Crippen LogP contribution in [0.3, 0.4) is 0 Å². The number of hydrogen-bond acceptors (Lipinski definition) is 5. The number of nitrogens with two attached hydrogens (primary N) is 1. The fourth-order valence-electron chi connectivity index (χ4n) is 4.22. The van der Waals surface area contributed by atoms with Crippen molar-refractivity contribution in [2.45, 2.75) is 13.5 Å². The van der Waals surface area contributed by atoms with Crippen molar-refractivity contribution in [2.75, 3.05) is 24.8 Å². The molecule has 2 aromatic carbocycles. The Morgan fingerprint density at radius 1 is 1.09 bits per heavy atom. The number of hydrogen-bond donors (Lipinski definition) is 2. The smallest absolute Gasteiger partial charge is 0.337 e. The lowest BCUT2D eigenvalue weighted by Gasteiger charge is -2.20. The molecule has 4 aromatic rings. The fourth-order valence-corrected chi connectivity index (χ4v) is 4.22. The van der Waals surface area contributed by atoms with Crippen LogP contribution in [0.5, 0.6) is 5.75 Å². The highest BCUT2D eigenvalue weighted by Gasteiger charge is 2.24. The second kappa shape index (κ2) is 8.70. The normalized spacial score (nSPS) is 10.9. The number of carboxylic acid groups (broad SMARTS) is 1. The van der Waals surface area contributed by atoms with E-state index in [4.69, 9.17) is 10.5 Å². The largest absolute Gasteiger partial charge is 0.497 e. The number of pyridine rings is 1. The van der Waals surface area contributed by atoms with Gasteiger partial charge in [0.25, 0.3) is 0 Å². The van der Waals surface area contributed by atoms with Gasteiger partial charge >= 0.3 is 5.97 Å². The second-order valence-electron chi connectivity index (χ2n) is 7.92. The molecule has 0 bridgehead atoms. The zero-order valence-electron chi connectivity index (χ0n) is 18.7.